The van der Waals surface area contributed by atoms with Gasteiger partial charge in [0.1, 0.15) is 23.1 Å². The van der Waals surface area contributed by atoms with Crippen molar-refractivity contribution in [3.05, 3.63) is 94.0 Å². The normalized spacial score (nSPS) is 12.0. The van der Waals surface area contributed by atoms with Crippen LogP contribution >= 0.6 is 0 Å². The van der Waals surface area contributed by atoms with Gasteiger partial charge in [-0.2, -0.15) is 8.42 Å². The molecule has 0 aliphatic heterocycles. The molecule has 0 aliphatic carbocycles. The number of ether oxygens (including phenoxy) is 1. The SMILES string of the molecule is CC(COc1ccc(F)cc1F)NC(=O)c1ccc(OS(=O)(=O)c2cccc([N+](=O)[O-])c2)cc1. The lowest BCUT2D eigenvalue weighted by Gasteiger charge is -2.15. The summed E-state index contributed by atoms with van der Waals surface area (Å²) in [5.41, 5.74) is -0.225. The fourth-order valence-electron chi connectivity index (χ4n) is 2.75. The van der Waals surface area contributed by atoms with Crippen molar-refractivity contribution in [3.63, 3.8) is 0 Å². The maximum absolute atomic E-state index is 13.6. The lowest BCUT2D eigenvalue weighted by Crippen LogP contribution is -2.36. The van der Waals surface area contributed by atoms with Gasteiger partial charge in [-0.25, -0.2) is 8.78 Å². The fraction of sp³-hybridized carbons (Fsp3) is 0.136. The van der Waals surface area contributed by atoms with Crippen molar-refractivity contribution in [1.82, 2.24) is 5.32 Å². The van der Waals surface area contributed by atoms with Gasteiger partial charge in [-0.3, -0.25) is 14.9 Å². The molecule has 1 atom stereocenters. The van der Waals surface area contributed by atoms with E-state index in [4.69, 9.17) is 8.92 Å². The number of nitro groups is 1. The maximum Gasteiger partial charge on any atom is 0.339 e. The van der Waals surface area contributed by atoms with Crippen LogP contribution in [0.4, 0.5) is 14.5 Å². The first kappa shape index (κ1) is 24.6. The van der Waals surface area contributed by atoms with E-state index in [9.17, 15) is 32.1 Å². The Morgan fingerprint density at radius 3 is 2.44 bits per heavy atom. The topological polar surface area (TPSA) is 125 Å². The second-order valence-corrected chi connectivity index (χ2v) is 8.62. The number of nitrogens with zero attached hydrogens (tertiary/aromatic N) is 1. The minimum atomic E-state index is -4.34. The molecule has 0 saturated carbocycles. The predicted octanol–water partition coefficient (Wildman–Crippen LogP) is 3.84. The lowest BCUT2D eigenvalue weighted by molar-refractivity contribution is -0.385. The van der Waals surface area contributed by atoms with Crippen molar-refractivity contribution in [1.29, 1.82) is 0 Å². The average Bonchev–Trinajstić information content (AvgIpc) is 2.78. The number of hydrogen-bond acceptors (Lipinski definition) is 7. The van der Waals surface area contributed by atoms with E-state index in [2.05, 4.69) is 5.32 Å². The zero-order chi connectivity index (χ0) is 24.9. The highest BCUT2D eigenvalue weighted by atomic mass is 32.2. The Labute approximate surface area is 193 Å². The summed E-state index contributed by atoms with van der Waals surface area (Å²) < 4.78 is 61.5. The molecule has 0 aromatic heterocycles. The Bertz CT molecular complexity index is 1320. The van der Waals surface area contributed by atoms with Gasteiger partial charge in [0.2, 0.25) is 0 Å². The molecule has 3 aromatic carbocycles. The third kappa shape index (κ3) is 6.25. The number of carbonyl (C=O) groups is 1. The molecule has 34 heavy (non-hydrogen) atoms. The Morgan fingerprint density at radius 2 is 1.79 bits per heavy atom. The second kappa shape index (κ2) is 10.3. The van der Waals surface area contributed by atoms with Crippen LogP contribution in [0.15, 0.2) is 71.6 Å². The van der Waals surface area contributed by atoms with E-state index in [1.807, 2.05) is 0 Å². The number of benzene rings is 3. The zero-order valence-electron chi connectivity index (χ0n) is 17.6. The molecule has 3 rings (SSSR count). The van der Waals surface area contributed by atoms with Crippen LogP contribution < -0.4 is 14.2 Å². The molecule has 0 heterocycles. The zero-order valence-corrected chi connectivity index (χ0v) is 18.4. The number of hydrogen-bond donors (Lipinski definition) is 1. The predicted molar refractivity (Wildman–Crippen MR) is 116 cm³/mol. The van der Waals surface area contributed by atoms with E-state index in [0.29, 0.717) is 6.07 Å². The summed E-state index contributed by atoms with van der Waals surface area (Å²) in [5, 5.41) is 13.5. The largest absolute Gasteiger partial charge is 0.488 e. The van der Waals surface area contributed by atoms with E-state index < -0.39 is 49.2 Å². The molecule has 0 bridgehead atoms. The standard InChI is InChI=1S/C22H18F2N2O7S/c1-14(13-32-21-10-7-16(23)11-20(21)24)25-22(27)15-5-8-18(9-6-15)33-34(30,31)19-4-2-3-17(12-19)26(28)29/h2-12,14H,13H2,1H3,(H,25,27). The van der Waals surface area contributed by atoms with Crippen LogP contribution in [-0.2, 0) is 10.1 Å². The summed E-state index contributed by atoms with van der Waals surface area (Å²) in [6, 6.07) is 11.9. The fourth-order valence-corrected chi connectivity index (χ4v) is 3.72. The number of amides is 1. The monoisotopic (exact) mass is 492 g/mol. The van der Waals surface area contributed by atoms with Gasteiger partial charge in [-0.1, -0.05) is 6.07 Å². The van der Waals surface area contributed by atoms with Gasteiger partial charge in [-0.05, 0) is 49.4 Å². The van der Waals surface area contributed by atoms with Crippen LogP contribution in [0.2, 0.25) is 0 Å². The first-order valence-corrected chi connectivity index (χ1v) is 11.1. The van der Waals surface area contributed by atoms with Crippen molar-refractivity contribution in [3.8, 4) is 11.5 Å². The van der Waals surface area contributed by atoms with Gasteiger partial charge in [-0.15, -0.1) is 0 Å². The Morgan fingerprint density at radius 1 is 1.09 bits per heavy atom. The van der Waals surface area contributed by atoms with Crippen LogP contribution in [0.1, 0.15) is 17.3 Å². The molecule has 0 aliphatic rings. The Balaban J connectivity index is 1.59. The molecule has 9 nitrogen and oxygen atoms in total. The van der Waals surface area contributed by atoms with Gasteiger partial charge in [0.05, 0.1) is 11.0 Å². The molecular weight excluding hydrogens is 474 g/mol. The van der Waals surface area contributed by atoms with E-state index in [1.54, 1.807) is 6.92 Å². The summed E-state index contributed by atoms with van der Waals surface area (Å²) in [7, 11) is -4.34. The van der Waals surface area contributed by atoms with Crippen LogP contribution in [0.3, 0.4) is 0 Å². The summed E-state index contributed by atoms with van der Waals surface area (Å²) in [6.07, 6.45) is 0. The first-order valence-electron chi connectivity index (χ1n) is 9.73. The summed E-state index contributed by atoms with van der Waals surface area (Å²) in [5.74, 6) is -2.38. The number of halogens is 2. The molecule has 0 radical (unpaired) electrons. The third-order valence-electron chi connectivity index (χ3n) is 4.40. The third-order valence-corrected chi connectivity index (χ3v) is 5.64. The molecule has 0 fully saturated rings. The van der Waals surface area contributed by atoms with E-state index in [0.717, 1.165) is 30.3 Å². The van der Waals surface area contributed by atoms with Gasteiger partial charge >= 0.3 is 10.1 Å². The highest BCUT2D eigenvalue weighted by molar-refractivity contribution is 7.87. The molecule has 12 heteroatoms. The summed E-state index contributed by atoms with van der Waals surface area (Å²) in [4.78, 5) is 22.1. The number of non-ortho nitro benzene ring substituents is 1. The van der Waals surface area contributed by atoms with Crippen LogP contribution in [0.5, 0.6) is 11.5 Å². The highest BCUT2D eigenvalue weighted by Gasteiger charge is 2.20. The average molecular weight is 492 g/mol. The van der Waals surface area contributed by atoms with Crippen molar-refractivity contribution in [2.75, 3.05) is 6.61 Å². The lowest BCUT2D eigenvalue weighted by atomic mass is 10.2. The molecule has 0 saturated heterocycles. The van der Waals surface area contributed by atoms with Crippen LogP contribution in [0.25, 0.3) is 0 Å². The van der Waals surface area contributed by atoms with Gasteiger partial charge in [0, 0.05) is 23.8 Å². The van der Waals surface area contributed by atoms with Crippen molar-refractivity contribution >= 4 is 21.7 Å². The molecule has 3 aromatic rings. The van der Waals surface area contributed by atoms with E-state index in [1.165, 1.54) is 30.3 Å². The molecule has 1 N–H and O–H groups in total. The van der Waals surface area contributed by atoms with Gasteiger partial charge < -0.3 is 14.2 Å². The summed E-state index contributed by atoms with van der Waals surface area (Å²) in [6.45, 7) is 1.53. The molecule has 0 spiro atoms. The van der Waals surface area contributed by atoms with E-state index in [-0.39, 0.29) is 23.7 Å². The Kier molecular flexibility index (Phi) is 7.41. The van der Waals surface area contributed by atoms with Crippen molar-refractivity contribution in [2.45, 2.75) is 17.9 Å². The number of carbonyl (C=O) groups excluding carboxylic acids is 1. The van der Waals surface area contributed by atoms with E-state index >= 15 is 0 Å². The maximum atomic E-state index is 13.6. The Hall–Kier alpha value is -4.06. The quantitative estimate of drug-likeness (QED) is 0.273. The molecule has 178 valence electrons. The smallest absolute Gasteiger partial charge is 0.339 e. The number of nitro benzene ring substituents is 1. The van der Waals surface area contributed by atoms with Crippen LogP contribution in [0, 0.1) is 21.7 Å². The van der Waals surface area contributed by atoms with Crippen molar-refractivity contribution < 1.29 is 35.8 Å². The highest BCUT2D eigenvalue weighted by Crippen LogP contribution is 2.22. The van der Waals surface area contributed by atoms with Crippen LogP contribution in [-0.4, -0.2) is 31.9 Å². The number of nitrogens with one attached hydrogen (secondary N) is 1. The first-order chi connectivity index (χ1) is 16.0. The summed E-state index contributed by atoms with van der Waals surface area (Å²) >= 11 is 0. The second-order valence-electron chi connectivity index (χ2n) is 7.08. The minimum Gasteiger partial charge on any atom is -0.488 e. The number of rotatable bonds is 9. The van der Waals surface area contributed by atoms with Gasteiger partial charge in [0.15, 0.2) is 11.6 Å². The molecule has 1 unspecified atom stereocenters. The van der Waals surface area contributed by atoms with Crippen molar-refractivity contribution in [2.24, 2.45) is 0 Å². The minimum absolute atomic E-state index is 0.0864. The molecular formula is C22H18F2N2O7S. The molecule has 1 amide bonds. The van der Waals surface area contributed by atoms with Gasteiger partial charge in [0.25, 0.3) is 11.6 Å².